The van der Waals surface area contributed by atoms with Crippen LogP contribution in [0.15, 0.2) is 10.6 Å². The number of nitrogens with one attached hydrogen (secondary N) is 1. The predicted octanol–water partition coefficient (Wildman–Crippen LogP) is 1.02. The topological polar surface area (TPSA) is 78.7 Å². The number of nitrogens with zero attached hydrogens (tertiary/aromatic N) is 3. The van der Waals surface area contributed by atoms with Gasteiger partial charge in [-0.25, -0.2) is 0 Å². The molecule has 23 heavy (non-hydrogen) atoms. The molecule has 0 radical (unpaired) electrons. The van der Waals surface area contributed by atoms with E-state index in [1.165, 1.54) is 18.0 Å². The van der Waals surface area contributed by atoms with E-state index in [1.54, 1.807) is 6.92 Å². The van der Waals surface area contributed by atoms with Gasteiger partial charge in [-0.3, -0.25) is 14.5 Å². The molecular formula is C13H17F3N4O3. The Labute approximate surface area is 130 Å². The number of hydrogen-bond donors (Lipinski definition) is 1. The first kappa shape index (κ1) is 17.3. The minimum Gasteiger partial charge on any atom is -0.360 e. The molecule has 10 heteroatoms. The normalized spacial score (nSPS) is 18.8. The summed E-state index contributed by atoms with van der Waals surface area (Å²) in [5.74, 6) is -0.266. The highest BCUT2D eigenvalue weighted by Crippen LogP contribution is 2.22. The maximum absolute atomic E-state index is 12.4. The second-order valence-electron chi connectivity index (χ2n) is 5.47. The zero-order valence-corrected chi connectivity index (χ0v) is 12.7. The first-order valence-corrected chi connectivity index (χ1v) is 6.94. The first-order valence-electron chi connectivity index (χ1n) is 6.94. The highest BCUT2D eigenvalue weighted by atomic mass is 19.4. The summed E-state index contributed by atoms with van der Waals surface area (Å²) < 4.78 is 41.9. The molecule has 1 aliphatic heterocycles. The molecule has 1 unspecified atom stereocenters. The van der Waals surface area contributed by atoms with Gasteiger partial charge in [0.1, 0.15) is 12.3 Å². The van der Waals surface area contributed by atoms with E-state index in [9.17, 15) is 22.8 Å². The van der Waals surface area contributed by atoms with Crippen LogP contribution in [0.5, 0.6) is 0 Å². The van der Waals surface area contributed by atoms with Crippen molar-refractivity contribution in [1.82, 2.24) is 15.0 Å². The largest absolute Gasteiger partial charge is 0.406 e. The van der Waals surface area contributed by atoms with Crippen LogP contribution < -0.4 is 5.32 Å². The number of amides is 2. The van der Waals surface area contributed by atoms with Crippen LogP contribution in [0.4, 0.5) is 19.0 Å². The molecule has 1 N–H and O–H groups in total. The summed E-state index contributed by atoms with van der Waals surface area (Å²) in [4.78, 5) is 26.1. The quantitative estimate of drug-likeness (QED) is 0.870. The molecule has 2 heterocycles. The molecule has 2 rings (SSSR count). The maximum atomic E-state index is 12.4. The van der Waals surface area contributed by atoms with Gasteiger partial charge in [0.05, 0.1) is 12.6 Å². The molecule has 1 aromatic rings. The summed E-state index contributed by atoms with van der Waals surface area (Å²) in [5.41, 5.74) is 0. The van der Waals surface area contributed by atoms with Crippen LogP contribution in [0.2, 0.25) is 0 Å². The third kappa shape index (κ3) is 4.68. The highest BCUT2D eigenvalue weighted by Gasteiger charge is 2.40. The molecule has 0 aromatic carbocycles. The van der Waals surface area contributed by atoms with E-state index >= 15 is 0 Å². The zero-order chi connectivity index (χ0) is 17.2. The Hall–Kier alpha value is -2.10. The highest BCUT2D eigenvalue weighted by molar-refractivity contribution is 5.92. The number of aromatic nitrogens is 1. The Balaban J connectivity index is 1.87. The summed E-state index contributed by atoms with van der Waals surface area (Å²) in [5, 5.41) is 6.09. The van der Waals surface area contributed by atoms with Gasteiger partial charge < -0.3 is 14.7 Å². The van der Waals surface area contributed by atoms with E-state index in [0.29, 0.717) is 5.76 Å². The number of hydrogen-bond acceptors (Lipinski definition) is 5. The number of rotatable bonds is 5. The number of alkyl halides is 3. The average molecular weight is 334 g/mol. The van der Waals surface area contributed by atoms with E-state index in [-0.39, 0.29) is 25.3 Å². The predicted molar refractivity (Wildman–Crippen MR) is 73.5 cm³/mol. The second kappa shape index (κ2) is 6.57. The Morgan fingerprint density at radius 1 is 1.57 bits per heavy atom. The van der Waals surface area contributed by atoms with Crippen LogP contribution in [0.1, 0.15) is 12.2 Å². The molecule has 2 amide bonds. The summed E-state index contributed by atoms with van der Waals surface area (Å²) in [6.45, 7) is 0.293. The van der Waals surface area contributed by atoms with Crippen molar-refractivity contribution in [2.24, 2.45) is 0 Å². The zero-order valence-electron chi connectivity index (χ0n) is 12.7. The molecule has 128 valence electrons. The van der Waals surface area contributed by atoms with E-state index < -0.39 is 30.6 Å². The Morgan fingerprint density at radius 2 is 2.26 bits per heavy atom. The van der Waals surface area contributed by atoms with E-state index in [2.05, 4.69) is 10.5 Å². The van der Waals surface area contributed by atoms with Crippen molar-refractivity contribution < 1.29 is 27.3 Å². The van der Waals surface area contributed by atoms with Crippen LogP contribution in [-0.4, -0.2) is 65.7 Å². The summed E-state index contributed by atoms with van der Waals surface area (Å²) in [7, 11) is 1.52. The van der Waals surface area contributed by atoms with Gasteiger partial charge in [0.25, 0.3) is 0 Å². The van der Waals surface area contributed by atoms with Gasteiger partial charge in [0.2, 0.25) is 11.8 Å². The van der Waals surface area contributed by atoms with Gasteiger partial charge in [-0.1, -0.05) is 5.16 Å². The van der Waals surface area contributed by atoms with E-state index in [4.69, 9.17) is 4.52 Å². The lowest BCUT2D eigenvalue weighted by molar-refractivity contribution is -0.159. The van der Waals surface area contributed by atoms with Gasteiger partial charge in [-0.15, -0.1) is 0 Å². The number of likely N-dealkylation sites (tertiary alicyclic amines) is 1. The molecular weight excluding hydrogens is 317 g/mol. The van der Waals surface area contributed by atoms with Crippen LogP contribution >= 0.6 is 0 Å². The second-order valence-corrected chi connectivity index (χ2v) is 5.47. The number of anilines is 1. The molecule has 7 nitrogen and oxygen atoms in total. The number of carbonyl (C=O) groups is 2. The van der Waals surface area contributed by atoms with Gasteiger partial charge in [-0.05, 0) is 20.4 Å². The molecule has 1 fully saturated rings. The van der Waals surface area contributed by atoms with Crippen LogP contribution in [0.3, 0.4) is 0 Å². The summed E-state index contributed by atoms with van der Waals surface area (Å²) in [6, 6.07) is 0.797. The standard InChI is InChI=1S/C13H17F3N4O3/c1-8-5-10(18-23-8)17-11(21)6-19(2)9-3-4-20(12(9)22)7-13(14,15)16/h5,9H,3-4,6-7H2,1-2H3,(H,17,18,21). The van der Waals surface area contributed by atoms with Crippen molar-refractivity contribution in [2.45, 2.75) is 25.6 Å². The van der Waals surface area contributed by atoms with Gasteiger partial charge in [0, 0.05) is 12.6 Å². The lowest BCUT2D eigenvalue weighted by atomic mass is 10.2. The van der Waals surface area contributed by atoms with E-state index in [1.807, 2.05) is 0 Å². The molecule has 1 saturated heterocycles. The van der Waals surface area contributed by atoms with Crippen molar-refractivity contribution in [2.75, 3.05) is 32.0 Å². The minimum atomic E-state index is -4.43. The molecule has 1 aromatic heterocycles. The Morgan fingerprint density at radius 3 is 2.83 bits per heavy atom. The smallest absolute Gasteiger partial charge is 0.360 e. The average Bonchev–Trinajstić information content (AvgIpc) is 2.95. The van der Waals surface area contributed by atoms with Crippen molar-refractivity contribution in [3.8, 4) is 0 Å². The summed E-state index contributed by atoms with van der Waals surface area (Å²) >= 11 is 0. The number of halogens is 3. The Kier molecular flexibility index (Phi) is 4.93. The first-order chi connectivity index (χ1) is 10.7. The van der Waals surface area contributed by atoms with E-state index in [0.717, 1.165) is 4.90 Å². The molecule has 1 atom stereocenters. The fraction of sp³-hybridized carbons (Fsp3) is 0.615. The number of carbonyl (C=O) groups excluding carboxylic acids is 2. The molecule has 0 bridgehead atoms. The van der Waals surface area contributed by atoms with Crippen molar-refractivity contribution >= 4 is 17.6 Å². The fourth-order valence-electron chi connectivity index (χ4n) is 2.45. The lowest BCUT2D eigenvalue weighted by Gasteiger charge is -2.23. The Bertz CT molecular complexity index is 587. The molecule has 0 saturated carbocycles. The van der Waals surface area contributed by atoms with Crippen LogP contribution in [0, 0.1) is 6.92 Å². The summed E-state index contributed by atoms with van der Waals surface area (Å²) in [6.07, 6.45) is -4.17. The minimum absolute atomic E-state index is 0.0252. The van der Waals surface area contributed by atoms with Gasteiger partial charge in [0.15, 0.2) is 5.82 Å². The molecule has 1 aliphatic rings. The molecule has 0 aliphatic carbocycles. The third-order valence-electron chi connectivity index (χ3n) is 3.46. The maximum Gasteiger partial charge on any atom is 0.406 e. The number of aryl methyl sites for hydroxylation is 1. The molecule has 0 spiro atoms. The van der Waals surface area contributed by atoms with Crippen molar-refractivity contribution in [3.63, 3.8) is 0 Å². The monoisotopic (exact) mass is 334 g/mol. The van der Waals surface area contributed by atoms with Crippen molar-refractivity contribution in [1.29, 1.82) is 0 Å². The SMILES string of the molecule is Cc1cc(NC(=O)CN(C)C2CCN(CC(F)(F)F)C2=O)no1. The van der Waals surface area contributed by atoms with Crippen LogP contribution in [-0.2, 0) is 9.59 Å². The van der Waals surface area contributed by atoms with Gasteiger partial charge in [-0.2, -0.15) is 13.2 Å². The van der Waals surface area contributed by atoms with Gasteiger partial charge >= 0.3 is 6.18 Å². The van der Waals surface area contributed by atoms with Crippen molar-refractivity contribution in [3.05, 3.63) is 11.8 Å². The lowest BCUT2D eigenvalue weighted by Crippen LogP contribution is -2.44. The van der Waals surface area contributed by atoms with Crippen LogP contribution in [0.25, 0.3) is 0 Å². The fourth-order valence-corrected chi connectivity index (χ4v) is 2.45. The third-order valence-corrected chi connectivity index (χ3v) is 3.46. The number of likely N-dealkylation sites (N-methyl/N-ethyl adjacent to an activating group) is 1.